The lowest BCUT2D eigenvalue weighted by Gasteiger charge is -2.32. The zero-order chi connectivity index (χ0) is 21.7. The molecule has 0 bridgehead atoms. The van der Waals surface area contributed by atoms with Crippen molar-refractivity contribution < 1.29 is 29.0 Å². The molecule has 9 heteroatoms. The third-order valence-electron chi connectivity index (χ3n) is 4.35. The number of benzene rings is 1. The van der Waals surface area contributed by atoms with Gasteiger partial charge >= 0.3 is 0 Å². The summed E-state index contributed by atoms with van der Waals surface area (Å²) in [5.41, 5.74) is -0.0837. The van der Waals surface area contributed by atoms with Gasteiger partial charge in [-0.05, 0) is 26.0 Å². The van der Waals surface area contributed by atoms with Crippen LogP contribution < -0.4 is 20.1 Å². The minimum absolute atomic E-state index is 0.121. The first-order valence-corrected chi connectivity index (χ1v) is 9.42. The van der Waals surface area contributed by atoms with Crippen LogP contribution in [0.1, 0.15) is 41.0 Å². The van der Waals surface area contributed by atoms with E-state index < -0.39 is 11.5 Å². The summed E-state index contributed by atoms with van der Waals surface area (Å²) < 4.78 is 11.2. The fourth-order valence-electron chi connectivity index (χ4n) is 3.01. The third kappa shape index (κ3) is 5.25. The molecule has 1 aromatic carbocycles. The Kier molecular flexibility index (Phi) is 6.20. The number of amides is 2. The number of hydrogen-bond donors (Lipinski definition) is 3. The summed E-state index contributed by atoms with van der Waals surface area (Å²) in [4.78, 5) is 39.9. The Labute approximate surface area is 173 Å². The van der Waals surface area contributed by atoms with Gasteiger partial charge in [0.25, 0.3) is 11.8 Å². The van der Waals surface area contributed by atoms with Crippen LogP contribution in [0.15, 0.2) is 36.7 Å². The Bertz CT molecular complexity index is 959. The number of rotatable bonds is 7. The van der Waals surface area contributed by atoms with Crippen molar-refractivity contribution >= 4 is 17.6 Å². The number of ether oxygens (including phenoxy) is 2. The molecule has 0 saturated carbocycles. The van der Waals surface area contributed by atoms with Gasteiger partial charge in [-0.2, -0.15) is 0 Å². The van der Waals surface area contributed by atoms with E-state index in [9.17, 15) is 19.5 Å². The maximum Gasteiger partial charge on any atom is 0.258 e. The van der Waals surface area contributed by atoms with Gasteiger partial charge in [0, 0.05) is 43.2 Å². The lowest BCUT2D eigenvalue weighted by atomic mass is 9.92. The molecule has 1 aliphatic rings. The van der Waals surface area contributed by atoms with Crippen molar-refractivity contribution in [3.63, 3.8) is 0 Å². The van der Waals surface area contributed by atoms with Crippen LogP contribution in [0.25, 0.3) is 0 Å². The van der Waals surface area contributed by atoms with Crippen LogP contribution in [0.3, 0.4) is 0 Å². The molecule has 158 valence electrons. The Hall–Kier alpha value is -3.62. The zero-order valence-electron chi connectivity index (χ0n) is 16.7. The van der Waals surface area contributed by atoms with Crippen molar-refractivity contribution in [3.05, 3.63) is 47.8 Å². The normalized spacial score (nSPS) is 14.3. The molecular weight excluding hydrogens is 390 g/mol. The van der Waals surface area contributed by atoms with Crippen molar-refractivity contribution in [2.24, 2.45) is 0 Å². The van der Waals surface area contributed by atoms with E-state index in [4.69, 9.17) is 9.47 Å². The van der Waals surface area contributed by atoms with Gasteiger partial charge in [0.1, 0.15) is 28.4 Å². The maximum absolute atomic E-state index is 12.2. The number of nitrogens with zero attached hydrogens (tertiary/aromatic N) is 1. The molecular formula is C21H23N3O6. The van der Waals surface area contributed by atoms with Crippen LogP contribution in [0.2, 0.25) is 0 Å². The highest BCUT2D eigenvalue weighted by Crippen LogP contribution is 2.40. The van der Waals surface area contributed by atoms with E-state index in [0.717, 1.165) is 0 Å². The number of nitrogens with one attached hydrogen (secondary N) is 2. The minimum Gasteiger partial charge on any atom is -0.507 e. The van der Waals surface area contributed by atoms with Crippen LogP contribution >= 0.6 is 0 Å². The lowest BCUT2D eigenvalue weighted by molar-refractivity contribution is -0.123. The topological polar surface area (TPSA) is 127 Å². The monoisotopic (exact) mass is 413 g/mol. The Morgan fingerprint density at radius 1 is 1.20 bits per heavy atom. The van der Waals surface area contributed by atoms with Crippen molar-refractivity contribution in [3.8, 4) is 17.2 Å². The highest BCUT2D eigenvalue weighted by atomic mass is 16.5. The number of fused-ring (bicyclic) bond motifs is 1. The molecule has 3 N–H and O–H groups in total. The highest BCUT2D eigenvalue weighted by Gasteiger charge is 2.35. The molecule has 0 spiro atoms. The number of aromatic nitrogens is 1. The summed E-state index contributed by atoms with van der Waals surface area (Å²) in [6.07, 6.45) is 3.21. The molecule has 0 fully saturated rings. The number of carbonyl (C=O) groups is 3. The smallest absolute Gasteiger partial charge is 0.258 e. The molecule has 9 nitrogen and oxygen atoms in total. The molecule has 3 rings (SSSR count). The third-order valence-corrected chi connectivity index (χ3v) is 4.35. The summed E-state index contributed by atoms with van der Waals surface area (Å²) in [5, 5.41) is 15.4. The van der Waals surface area contributed by atoms with Crippen LogP contribution in [-0.2, 0) is 4.79 Å². The number of phenols is 1. The molecule has 30 heavy (non-hydrogen) atoms. The van der Waals surface area contributed by atoms with Crippen LogP contribution in [0.4, 0.5) is 0 Å². The molecule has 2 aromatic rings. The second kappa shape index (κ2) is 8.81. The average molecular weight is 413 g/mol. The van der Waals surface area contributed by atoms with Gasteiger partial charge in [-0.1, -0.05) is 0 Å². The summed E-state index contributed by atoms with van der Waals surface area (Å²) in [6, 6.07) is 5.94. The number of hydrogen-bond acceptors (Lipinski definition) is 7. The van der Waals surface area contributed by atoms with Gasteiger partial charge in [0.05, 0.1) is 6.42 Å². The van der Waals surface area contributed by atoms with Crippen molar-refractivity contribution in [2.75, 3.05) is 19.7 Å². The molecule has 2 heterocycles. The second-order valence-corrected chi connectivity index (χ2v) is 7.41. The molecule has 1 aromatic heterocycles. The largest absolute Gasteiger partial charge is 0.507 e. The quantitative estimate of drug-likeness (QED) is 0.587. The number of pyridine rings is 1. The molecule has 0 saturated heterocycles. The van der Waals surface area contributed by atoms with E-state index in [-0.39, 0.29) is 60.6 Å². The average Bonchev–Trinajstić information content (AvgIpc) is 2.68. The maximum atomic E-state index is 12.2. The molecule has 0 atom stereocenters. The first-order chi connectivity index (χ1) is 14.2. The van der Waals surface area contributed by atoms with Gasteiger partial charge in [-0.25, -0.2) is 0 Å². The number of phenolic OH excluding ortho intramolecular Hbond substituents is 1. The summed E-state index contributed by atoms with van der Waals surface area (Å²) in [7, 11) is 0. The predicted octanol–water partition coefficient (Wildman–Crippen LogP) is 1.46. The van der Waals surface area contributed by atoms with Gasteiger partial charge in [-0.3, -0.25) is 19.4 Å². The van der Waals surface area contributed by atoms with E-state index in [1.165, 1.54) is 24.5 Å². The summed E-state index contributed by atoms with van der Waals surface area (Å²) in [6.45, 7) is 3.73. The van der Waals surface area contributed by atoms with Gasteiger partial charge in [-0.15, -0.1) is 0 Å². The number of ketones is 1. The molecule has 1 aliphatic heterocycles. The molecule has 2 amide bonds. The summed E-state index contributed by atoms with van der Waals surface area (Å²) >= 11 is 0. The number of Topliss-reactive ketones (excluding diaryl/α,β-unsaturated/α-hetero) is 1. The van der Waals surface area contributed by atoms with Crippen molar-refractivity contribution in [1.29, 1.82) is 0 Å². The second-order valence-electron chi connectivity index (χ2n) is 7.41. The molecule has 0 aliphatic carbocycles. The fraction of sp³-hybridized carbons (Fsp3) is 0.333. The first kappa shape index (κ1) is 21.1. The lowest BCUT2D eigenvalue weighted by Crippen LogP contribution is -2.37. The Balaban J connectivity index is 1.46. The van der Waals surface area contributed by atoms with Crippen molar-refractivity contribution in [2.45, 2.75) is 25.9 Å². The van der Waals surface area contributed by atoms with Gasteiger partial charge in [0.2, 0.25) is 0 Å². The van der Waals surface area contributed by atoms with E-state index in [2.05, 4.69) is 15.6 Å². The standard InChI is InChI=1S/C21H23N3O6/c1-21(2)11-16(26)19-15(25)9-14(10-17(19)30-21)29-12-18(27)23-7-8-24-20(28)13-3-5-22-6-4-13/h3-6,9-10,25H,7-8,11-12H2,1-2H3,(H,23,27)(H,24,28). The molecule has 0 unspecified atom stereocenters. The van der Waals surface area contributed by atoms with Gasteiger partial charge < -0.3 is 25.2 Å². The van der Waals surface area contributed by atoms with E-state index in [1.807, 2.05) is 0 Å². The van der Waals surface area contributed by atoms with E-state index in [0.29, 0.717) is 5.56 Å². The molecule has 0 radical (unpaired) electrons. The van der Waals surface area contributed by atoms with Crippen LogP contribution in [0.5, 0.6) is 17.2 Å². The van der Waals surface area contributed by atoms with Crippen LogP contribution in [-0.4, -0.2) is 53.0 Å². The van der Waals surface area contributed by atoms with E-state index in [1.54, 1.807) is 26.0 Å². The van der Waals surface area contributed by atoms with Crippen LogP contribution in [0, 0.1) is 0 Å². The highest BCUT2D eigenvalue weighted by molar-refractivity contribution is 6.03. The van der Waals surface area contributed by atoms with Crippen molar-refractivity contribution in [1.82, 2.24) is 15.6 Å². The Morgan fingerprint density at radius 2 is 1.90 bits per heavy atom. The Morgan fingerprint density at radius 3 is 2.63 bits per heavy atom. The van der Waals surface area contributed by atoms with Gasteiger partial charge in [0.15, 0.2) is 12.4 Å². The number of carbonyl (C=O) groups excluding carboxylic acids is 3. The SMILES string of the molecule is CC1(C)CC(=O)c2c(O)cc(OCC(=O)NCCNC(=O)c3ccncc3)cc2O1. The predicted molar refractivity (Wildman–Crippen MR) is 107 cm³/mol. The summed E-state index contributed by atoms with van der Waals surface area (Å²) in [5.74, 6) is -0.685. The first-order valence-electron chi connectivity index (χ1n) is 9.42. The minimum atomic E-state index is -0.687. The van der Waals surface area contributed by atoms with E-state index >= 15 is 0 Å². The fourth-order valence-corrected chi connectivity index (χ4v) is 3.01. The zero-order valence-corrected chi connectivity index (χ0v) is 16.7. The number of aromatic hydroxyl groups is 1.